The minimum absolute atomic E-state index is 0.164. The Morgan fingerprint density at radius 3 is 2.90 bits per heavy atom. The Morgan fingerprint density at radius 1 is 1.38 bits per heavy atom. The van der Waals surface area contributed by atoms with Crippen molar-refractivity contribution in [2.24, 2.45) is 0 Å². The molecule has 6 heteroatoms. The number of thiazole rings is 1. The molecule has 0 aliphatic rings. The summed E-state index contributed by atoms with van der Waals surface area (Å²) < 4.78 is 1.90. The molecule has 0 radical (unpaired) electrons. The molecule has 1 N–H and O–H groups in total. The normalized spacial score (nSPS) is 11.2. The van der Waals surface area contributed by atoms with Crippen molar-refractivity contribution in [3.8, 4) is 0 Å². The highest BCUT2D eigenvalue weighted by atomic mass is 32.1. The number of carbonyl (C=O) groups excluding carboxylic acids is 1. The van der Waals surface area contributed by atoms with Gasteiger partial charge in [-0.3, -0.25) is 10.1 Å². The van der Waals surface area contributed by atoms with Gasteiger partial charge in [-0.2, -0.15) is 0 Å². The number of aryl methyl sites for hydroxylation is 1. The first-order chi connectivity index (χ1) is 10.0. The molecule has 108 valence electrons. The van der Waals surface area contributed by atoms with Crippen LogP contribution in [0.25, 0.3) is 5.65 Å². The highest BCUT2D eigenvalue weighted by Crippen LogP contribution is 2.22. The topological polar surface area (TPSA) is 59.3 Å². The van der Waals surface area contributed by atoms with Gasteiger partial charge in [-0.05, 0) is 25.0 Å². The van der Waals surface area contributed by atoms with Gasteiger partial charge in [0.25, 0.3) is 5.91 Å². The lowest BCUT2D eigenvalue weighted by atomic mass is 10.2. The Balaban J connectivity index is 1.82. The van der Waals surface area contributed by atoms with Crippen molar-refractivity contribution in [2.75, 3.05) is 5.32 Å². The maximum Gasteiger partial charge on any atom is 0.257 e. The minimum atomic E-state index is -0.164. The van der Waals surface area contributed by atoms with Gasteiger partial charge in [0.05, 0.1) is 11.4 Å². The van der Waals surface area contributed by atoms with Gasteiger partial charge in [0.1, 0.15) is 5.65 Å². The van der Waals surface area contributed by atoms with E-state index in [4.69, 9.17) is 0 Å². The van der Waals surface area contributed by atoms with Crippen molar-refractivity contribution >= 4 is 28.0 Å². The zero-order valence-electron chi connectivity index (χ0n) is 12.1. The third kappa shape index (κ3) is 2.80. The van der Waals surface area contributed by atoms with E-state index in [0.717, 1.165) is 17.0 Å². The predicted molar refractivity (Wildman–Crippen MR) is 84.1 cm³/mol. The number of hydrogen-bond donors (Lipinski definition) is 1. The molecule has 3 heterocycles. The van der Waals surface area contributed by atoms with E-state index >= 15 is 0 Å². The summed E-state index contributed by atoms with van der Waals surface area (Å²) in [6, 6.07) is 3.56. The van der Waals surface area contributed by atoms with Gasteiger partial charge in [0.2, 0.25) is 0 Å². The fourth-order valence-corrected chi connectivity index (χ4v) is 2.89. The van der Waals surface area contributed by atoms with E-state index in [1.54, 1.807) is 12.1 Å². The lowest BCUT2D eigenvalue weighted by molar-refractivity contribution is 0.102. The lowest BCUT2D eigenvalue weighted by Gasteiger charge is -2.02. The Hall–Kier alpha value is -2.21. The summed E-state index contributed by atoms with van der Waals surface area (Å²) in [4.78, 5) is 21.0. The first kappa shape index (κ1) is 13.8. The summed E-state index contributed by atoms with van der Waals surface area (Å²) in [5, 5.41) is 5.44. The quantitative estimate of drug-likeness (QED) is 0.805. The second kappa shape index (κ2) is 5.29. The molecule has 0 bridgehead atoms. The Labute approximate surface area is 126 Å². The van der Waals surface area contributed by atoms with Gasteiger partial charge in [-0.25, -0.2) is 9.97 Å². The standard InChI is InChI=1S/C15H16N4OS/c1-9(2)12-8-21-15(17-12)18-14(20)11-4-5-19-7-10(3)16-13(19)6-11/h4-9H,1-3H3,(H,17,18,20). The largest absolute Gasteiger partial charge is 0.307 e. The molecule has 0 spiro atoms. The smallest absolute Gasteiger partial charge is 0.257 e. The molecule has 0 fully saturated rings. The van der Waals surface area contributed by atoms with E-state index in [0.29, 0.717) is 16.6 Å². The third-order valence-electron chi connectivity index (χ3n) is 3.18. The molecule has 3 rings (SSSR count). The zero-order chi connectivity index (χ0) is 15.0. The summed E-state index contributed by atoms with van der Waals surface area (Å²) in [6.07, 6.45) is 3.76. The van der Waals surface area contributed by atoms with E-state index < -0.39 is 0 Å². The van der Waals surface area contributed by atoms with Gasteiger partial charge in [0, 0.05) is 23.3 Å². The fraction of sp³-hybridized carbons (Fsp3) is 0.267. The summed E-state index contributed by atoms with van der Waals surface area (Å²) in [7, 11) is 0. The Bertz CT molecular complexity index is 803. The maximum absolute atomic E-state index is 12.3. The van der Waals surface area contributed by atoms with Crippen LogP contribution in [0.3, 0.4) is 0 Å². The van der Waals surface area contributed by atoms with Gasteiger partial charge in [-0.15, -0.1) is 11.3 Å². The van der Waals surface area contributed by atoms with E-state index in [2.05, 4.69) is 29.1 Å². The number of imidazole rings is 1. The molecule has 0 aromatic carbocycles. The predicted octanol–water partition coefficient (Wildman–Crippen LogP) is 3.47. The van der Waals surface area contributed by atoms with Crippen molar-refractivity contribution in [3.05, 3.63) is 46.9 Å². The minimum Gasteiger partial charge on any atom is -0.307 e. The van der Waals surface area contributed by atoms with Crippen molar-refractivity contribution in [2.45, 2.75) is 26.7 Å². The zero-order valence-corrected chi connectivity index (χ0v) is 12.9. The number of hydrogen-bond acceptors (Lipinski definition) is 4. The van der Waals surface area contributed by atoms with Gasteiger partial charge >= 0.3 is 0 Å². The van der Waals surface area contributed by atoms with Crippen LogP contribution in [-0.4, -0.2) is 20.3 Å². The van der Waals surface area contributed by atoms with Crippen LogP contribution in [0.4, 0.5) is 5.13 Å². The third-order valence-corrected chi connectivity index (χ3v) is 3.95. The molecule has 0 atom stereocenters. The van der Waals surface area contributed by atoms with Gasteiger partial charge in [0.15, 0.2) is 5.13 Å². The number of carbonyl (C=O) groups is 1. The SMILES string of the molecule is Cc1cn2ccc(C(=O)Nc3nc(C(C)C)cs3)cc2n1. The highest BCUT2D eigenvalue weighted by molar-refractivity contribution is 7.14. The van der Waals surface area contributed by atoms with E-state index in [1.807, 2.05) is 29.1 Å². The number of fused-ring (bicyclic) bond motifs is 1. The molecular formula is C15H16N4OS. The molecule has 5 nitrogen and oxygen atoms in total. The number of pyridine rings is 1. The molecule has 0 aliphatic heterocycles. The number of aromatic nitrogens is 3. The van der Waals surface area contributed by atoms with Crippen LogP contribution in [0, 0.1) is 6.92 Å². The molecule has 3 aromatic heterocycles. The molecule has 1 amide bonds. The number of nitrogens with one attached hydrogen (secondary N) is 1. The summed E-state index contributed by atoms with van der Waals surface area (Å²) in [6.45, 7) is 6.08. The molecule has 0 saturated carbocycles. The van der Waals surface area contributed by atoms with Crippen LogP contribution in [0.2, 0.25) is 0 Å². The summed E-state index contributed by atoms with van der Waals surface area (Å²) >= 11 is 1.44. The van der Waals surface area contributed by atoms with Gasteiger partial charge < -0.3 is 4.40 Å². The molecule has 21 heavy (non-hydrogen) atoms. The average Bonchev–Trinajstić information content (AvgIpc) is 3.02. The van der Waals surface area contributed by atoms with Crippen LogP contribution >= 0.6 is 11.3 Å². The van der Waals surface area contributed by atoms with E-state index in [9.17, 15) is 4.79 Å². The first-order valence-corrected chi connectivity index (χ1v) is 7.63. The van der Waals surface area contributed by atoms with Crippen molar-refractivity contribution in [3.63, 3.8) is 0 Å². The molecule has 0 aliphatic carbocycles. The van der Waals surface area contributed by atoms with Crippen LogP contribution in [-0.2, 0) is 0 Å². The average molecular weight is 300 g/mol. The fourth-order valence-electron chi connectivity index (χ4n) is 2.03. The van der Waals surface area contributed by atoms with E-state index in [1.165, 1.54) is 11.3 Å². The monoisotopic (exact) mass is 300 g/mol. The molecule has 3 aromatic rings. The van der Waals surface area contributed by atoms with Crippen molar-refractivity contribution in [1.82, 2.24) is 14.4 Å². The second-order valence-corrected chi connectivity index (χ2v) is 6.11. The second-order valence-electron chi connectivity index (χ2n) is 5.25. The van der Waals surface area contributed by atoms with Crippen LogP contribution in [0.5, 0.6) is 0 Å². The Kier molecular flexibility index (Phi) is 3.47. The Morgan fingerprint density at radius 2 is 2.19 bits per heavy atom. The molecule has 0 unspecified atom stereocenters. The van der Waals surface area contributed by atoms with Crippen LogP contribution in [0.15, 0.2) is 29.9 Å². The highest BCUT2D eigenvalue weighted by Gasteiger charge is 2.11. The van der Waals surface area contributed by atoms with Gasteiger partial charge in [-0.1, -0.05) is 13.8 Å². The summed E-state index contributed by atoms with van der Waals surface area (Å²) in [5.74, 6) is 0.193. The van der Waals surface area contributed by atoms with E-state index in [-0.39, 0.29) is 5.91 Å². The maximum atomic E-state index is 12.3. The lowest BCUT2D eigenvalue weighted by Crippen LogP contribution is -2.12. The number of anilines is 1. The first-order valence-electron chi connectivity index (χ1n) is 6.75. The molecular weight excluding hydrogens is 284 g/mol. The van der Waals surface area contributed by atoms with Crippen LogP contribution < -0.4 is 5.32 Å². The molecule has 0 saturated heterocycles. The van der Waals surface area contributed by atoms with Crippen molar-refractivity contribution < 1.29 is 4.79 Å². The number of amides is 1. The van der Waals surface area contributed by atoms with Crippen molar-refractivity contribution in [1.29, 1.82) is 0 Å². The van der Waals surface area contributed by atoms with Crippen LogP contribution in [0.1, 0.15) is 41.5 Å². The number of rotatable bonds is 3. The summed E-state index contributed by atoms with van der Waals surface area (Å²) in [5.41, 5.74) is 3.26. The number of nitrogens with zero attached hydrogens (tertiary/aromatic N) is 3.